The summed E-state index contributed by atoms with van der Waals surface area (Å²) < 4.78 is 5.16. The highest BCUT2D eigenvalue weighted by Gasteiger charge is 2.40. The predicted octanol–water partition coefficient (Wildman–Crippen LogP) is 1.47. The average molecular weight is 319 g/mol. The largest absolute Gasteiger partial charge is 0.459 e. The van der Waals surface area contributed by atoms with Crippen LogP contribution in [0.2, 0.25) is 0 Å². The Labute approximate surface area is 136 Å². The van der Waals surface area contributed by atoms with Gasteiger partial charge in [-0.25, -0.2) is 0 Å². The normalized spacial score (nSPS) is 28.7. The number of furan rings is 1. The molecule has 1 saturated carbocycles. The van der Waals surface area contributed by atoms with E-state index in [4.69, 9.17) is 10.2 Å². The van der Waals surface area contributed by atoms with E-state index in [1.54, 1.807) is 17.0 Å². The summed E-state index contributed by atoms with van der Waals surface area (Å²) in [6, 6.07) is 3.37. The third-order valence-corrected chi connectivity index (χ3v) is 5.16. The van der Waals surface area contributed by atoms with Crippen LogP contribution >= 0.6 is 0 Å². The van der Waals surface area contributed by atoms with Crippen molar-refractivity contribution in [3.63, 3.8) is 0 Å². The number of carbonyl (C=O) groups excluding carboxylic acids is 2. The Morgan fingerprint density at radius 2 is 1.91 bits per heavy atom. The van der Waals surface area contributed by atoms with Crippen LogP contribution in [0.15, 0.2) is 22.8 Å². The third kappa shape index (κ3) is 3.27. The number of piperazine rings is 1. The SMILES string of the molecule is CC1(N)CCCCC1C(=O)N1CCN(C(=O)c2ccco2)CC1. The number of hydrogen-bond acceptors (Lipinski definition) is 4. The quantitative estimate of drug-likeness (QED) is 0.895. The van der Waals surface area contributed by atoms with Crippen molar-refractivity contribution in [1.29, 1.82) is 0 Å². The summed E-state index contributed by atoms with van der Waals surface area (Å²) in [7, 11) is 0. The van der Waals surface area contributed by atoms with Gasteiger partial charge in [0.2, 0.25) is 5.91 Å². The van der Waals surface area contributed by atoms with Gasteiger partial charge in [0.25, 0.3) is 5.91 Å². The van der Waals surface area contributed by atoms with Gasteiger partial charge in [-0.2, -0.15) is 0 Å². The molecule has 0 bridgehead atoms. The average Bonchev–Trinajstić information content (AvgIpc) is 3.08. The molecule has 1 aliphatic carbocycles. The molecule has 2 N–H and O–H groups in total. The summed E-state index contributed by atoms with van der Waals surface area (Å²) in [6.45, 7) is 4.21. The van der Waals surface area contributed by atoms with E-state index in [-0.39, 0.29) is 17.7 Å². The predicted molar refractivity (Wildman–Crippen MR) is 85.7 cm³/mol. The number of carbonyl (C=O) groups is 2. The fourth-order valence-electron chi connectivity index (χ4n) is 3.67. The highest BCUT2D eigenvalue weighted by atomic mass is 16.3. The second-order valence-corrected chi connectivity index (χ2v) is 6.90. The number of nitrogens with zero attached hydrogens (tertiary/aromatic N) is 2. The molecule has 2 unspecified atom stereocenters. The van der Waals surface area contributed by atoms with Crippen LogP contribution in [-0.4, -0.2) is 53.3 Å². The van der Waals surface area contributed by atoms with Gasteiger partial charge in [0.15, 0.2) is 5.76 Å². The van der Waals surface area contributed by atoms with Gasteiger partial charge in [-0.05, 0) is 31.9 Å². The first-order valence-corrected chi connectivity index (χ1v) is 8.39. The molecule has 0 aromatic carbocycles. The molecular formula is C17H25N3O3. The molecule has 6 nitrogen and oxygen atoms in total. The molecule has 6 heteroatoms. The minimum atomic E-state index is -0.406. The smallest absolute Gasteiger partial charge is 0.289 e. The van der Waals surface area contributed by atoms with Gasteiger partial charge < -0.3 is 20.0 Å². The summed E-state index contributed by atoms with van der Waals surface area (Å²) >= 11 is 0. The van der Waals surface area contributed by atoms with Gasteiger partial charge in [-0.3, -0.25) is 9.59 Å². The van der Waals surface area contributed by atoms with Gasteiger partial charge in [-0.15, -0.1) is 0 Å². The van der Waals surface area contributed by atoms with Crippen LogP contribution in [0.5, 0.6) is 0 Å². The van der Waals surface area contributed by atoms with Gasteiger partial charge in [0.05, 0.1) is 12.2 Å². The Balaban J connectivity index is 1.58. The highest BCUT2D eigenvalue weighted by Crippen LogP contribution is 2.33. The van der Waals surface area contributed by atoms with Crippen LogP contribution in [0.25, 0.3) is 0 Å². The molecule has 1 saturated heterocycles. The van der Waals surface area contributed by atoms with Crippen LogP contribution in [0, 0.1) is 5.92 Å². The Kier molecular flexibility index (Phi) is 4.43. The van der Waals surface area contributed by atoms with Gasteiger partial charge in [0.1, 0.15) is 0 Å². The van der Waals surface area contributed by atoms with E-state index in [1.165, 1.54) is 6.26 Å². The lowest BCUT2D eigenvalue weighted by atomic mass is 9.74. The standard InChI is InChI=1S/C17H25N3O3/c1-17(18)7-3-2-5-13(17)15(21)19-8-10-20(11-9-19)16(22)14-6-4-12-23-14/h4,6,12-13H,2-3,5,7-11,18H2,1H3. The van der Waals surface area contributed by atoms with E-state index in [0.717, 1.165) is 25.7 Å². The number of amides is 2. The van der Waals surface area contributed by atoms with Gasteiger partial charge >= 0.3 is 0 Å². The fourth-order valence-corrected chi connectivity index (χ4v) is 3.67. The summed E-state index contributed by atoms with van der Waals surface area (Å²) in [5.74, 6) is 0.304. The summed E-state index contributed by atoms with van der Waals surface area (Å²) in [5, 5.41) is 0. The van der Waals surface area contributed by atoms with Crippen molar-refractivity contribution in [1.82, 2.24) is 9.80 Å². The van der Waals surface area contributed by atoms with Crippen LogP contribution in [0.4, 0.5) is 0 Å². The monoisotopic (exact) mass is 319 g/mol. The molecule has 0 radical (unpaired) electrons. The van der Waals surface area contributed by atoms with Crippen molar-refractivity contribution >= 4 is 11.8 Å². The second kappa shape index (κ2) is 6.35. The topological polar surface area (TPSA) is 79.8 Å². The number of rotatable bonds is 2. The minimum Gasteiger partial charge on any atom is -0.459 e. The zero-order chi connectivity index (χ0) is 16.4. The van der Waals surface area contributed by atoms with E-state index < -0.39 is 5.54 Å². The maximum Gasteiger partial charge on any atom is 0.289 e. The summed E-state index contributed by atoms with van der Waals surface area (Å²) in [4.78, 5) is 28.7. The molecule has 2 fully saturated rings. The number of hydrogen-bond donors (Lipinski definition) is 1. The van der Waals surface area contributed by atoms with E-state index in [1.807, 2.05) is 11.8 Å². The van der Waals surface area contributed by atoms with Gasteiger partial charge in [-0.1, -0.05) is 12.8 Å². The lowest BCUT2D eigenvalue weighted by Gasteiger charge is -2.42. The summed E-state index contributed by atoms with van der Waals surface area (Å²) in [5.41, 5.74) is 5.94. The molecule has 1 aromatic heterocycles. The third-order valence-electron chi connectivity index (χ3n) is 5.16. The maximum atomic E-state index is 12.8. The first-order valence-electron chi connectivity index (χ1n) is 8.39. The minimum absolute atomic E-state index is 0.0939. The molecular weight excluding hydrogens is 294 g/mol. The summed E-state index contributed by atoms with van der Waals surface area (Å²) in [6.07, 6.45) is 5.44. The van der Waals surface area contributed by atoms with Crippen molar-refractivity contribution in [2.45, 2.75) is 38.1 Å². The molecule has 2 aliphatic rings. The van der Waals surface area contributed by atoms with Crippen molar-refractivity contribution in [3.8, 4) is 0 Å². The lowest BCUT2D eigenvalue weighted by molar-refractivity contribution is -0.140. The first-order chi connectivity index (χ1) is 11.0. The van der Waals surface area contributed by atoms with Gasteiger partial charge in [0, 0.05) is 31.7 Å². The Bertz CT molecular complexity index is 560. The van der Waals surface area contributed by atoms with E-state index in [2.05, 4.69) is 0 Å². The Morgan fingerprint density at radius 1 is 1.22 bits per heavy atom. The molecule has 23 heavy (non-hydrogen) atoms. The van der Waals surface area contributed by atoms with Crippen molar-refractivity contribution < 1.29 is 14.0 Å². The second-order valence-electron chi connectivity index (χ2n) is 6.90. The van der Waals surface area contributed by atoms with Crippen LogP contribution in [-0.2, 0) is 4.79 Å². The molecule has 1 aromatic rings. The lowest BCUT2D eigenvalue weighted by Crippen LogP contribution is -2.57. The number of nitrogens with two attached hydrogens (primary N) is 1. The Hall–Kier alpha value is -1.82. The van der Waals surface area contributed by atoms with Crippen LogP contribution in [0.3, 0.4) is 0 Å². The molecule has 2 heterocycles. The van der Waals surface area contributed by atoms with Crippen molar-refractivity contribution in [2.24, 2.45) is 11.7 Å². The highest BCUT2D eigenvalue weighted by molar-refractivity contribution is 5.91. The first kappa shape index (κ1) is 16.1. The van der Waals surface area contributed by atoms with E-state index >= 15 is 0 Å². The molecule has 2 amide bonds. The van der Waals surface area contributed by atoms with E-state index in [0.29, 0.717) is 31.9 Å². The fraction of sp³-hybridized carbons (Fsp3) is 0.647. The molecule has 1 aliphatic heterocycles. The zero-order valence-electron chi connectivity index (χ0n) is 13.7. The van der Waals surface area contributed by atoms with Crippen molar-refractivity contribution in [3.05, 3.63) is 24.2 Å². The zero-order valence-corrected chi connectivity index (χ0v) is 13.7. The van der Waals surface area contributed by atoms with Crippen LogP contribution in [0.1, 0.15) is 43.2 Å². The molecule has 0 spiro atoms. The van der Waals surface area contributed by atoms with E-state index in [9.17, 15) is 9.59 Å². The maximum absolute atomic E-state index is 12.8. The molecule has 126 valence electrons. The van der Waals surface area contributed by atoms with Crippen LogP contribution < -0.4 is 5.73 Å². The molecule has 2 atom stereocenters. The van der Waals surface area contributed by atoms with Crippen molar-refractivity contribution in [2.75, 3.05) is 26.2 Å². The Morgan fingerprint density at radius 3 is 2.52 bits per heavy atom. The molecule has 3 rings (SSSR count).